The Kier molecular flexibility index (Phi) is 2.95. The molecule has 3 heteroatoms. The smallest absolute Gasteiger partial charge is 0.287 e. The molecule has 1 heterocycles. The minimum absolute atomic E-state index is 0.148. The van der Waals surface area contributed by atoms with Crippen molar-refractivity contribution in [3.63, 3.8) is 0 Å². The zero-order chi connectivity index (χ0) is 11.5. The SMILES string of the molecule is CC[C@@H](C)NC(=O)c1cc2ccccc2o1. The van der Waals surface area contributed by atoms with E-state index in [1.165, 1.54) is 0 Å². The van der Waals surface area contributed by atoms with E-state index in [1.807, 2.05) is 38.1 Å². The van der Waals surface area contributed by atoms with E-state index in [1.54, 1.807) is 6.07 Å². The van der Waals surface area contributed by atoms with E-state index in [4.69, 9.17) is 4.42 Å². The van der Waals surface area contributed by atoms with Gasteiger partial charge in [-0.1, -0.05) is 25.1 Å². The first kappa shape index (κ1) is 10.7. The van der Waals surface area contributed by atoms with Crippen LogP contribution in [-0.4, -0.2) is 11.9 Å². The van der Waals surface area contributed by atoms with Gasteiger partial charge in [0.05, 0.1) is 0 Å². The fourth-order valence-corrected chi connectivity index (χ4v) is 1.49. The summed E-state index contributed by atoms with van der Waals surface area (Å²) in [6, 6.07) is 9.54. The van der Waals surface area contributed by atoms with Crippen LogP contribution < -0.4 is 5.32 Å². The van der Waals surface area contributed by atoms with E-state index < -0.39 is 0 Å². The molecular weight excluding hydrogens is 202 g/mol. The van der Waals surface area contributed by atoms with Gasteiger partial charge in [0.25, 0.3) is 5.91 Å². The predicted molar refractivity (Wildman–Crippen MR) is 63.4 cm³/mol. The van der Waals surface area contributed by atoms with E-state index in [0.29, 0.717) is 5.76 Å². The third-order valence-electron chi connectivity index (χ3n) is 2.64. The number of para-hydroxylation sites is 1. The van der Waals surface area contributed by atoms with Crippen LogP contribution in [0, 0.1) is 0 Å². The van der Waals surface area contributed by atoms with Crippen LogP contribution in [0.3, 0.4) is 0 Å². The number of hydrogen-bond acceptors (Lipinski definition) is 2. The van der Waals surface area contributed by atoms with Crippen molar-refractivity contribution in [1.82, 2.24) is 5.32 Å². The Bertz CT molecular complexity index is 468. The number of furan rings is 1. The maximum absolute atomic E-state index is 11.8. The van der Waals surface area contributed by atoms with Crippen molar-refractivity contribution in [3.05, 3.63) is 36.1 Å². The van der Waals surface area contributed by atoms with Gasteiger partial charge in [0.15, 0.2) is 5.76 Å². The van der Waals surface area contributed by atoms with Gasteiger partial charge < -0.3 is 9.73 Å². The molecule has 0 saturated heterocycles. The van der Waals surface area contributed by atoms with E-state index in [-0.39, 0.29) is 11.9 Å². The summed E-state index contributed by atoms with van der Waals surface area (Å²) in [5.41, 5.74) is 0.747. The highest BCUT2D eigenvalue weighted by Crippen LogP contribution is 2.18. The Morgan fingerprint density at radius 1 is 1.44 bits per heavy atom. The maximum atomic E-state index is 11.8. The number of fused-ring (bicyclic) bond motifs is 1. The van der Waals surface area contributed by atoms with E-state index in [9.17, 15) is 4.79 Å². The van der Waals surface area contributed by atoms with Crippen LogP contribution >= 0.6 is 0 Å². The Hall–Kier alpha value is -1.77. The third-order valence-corrected chi connectivity index (χ3v) is 2.64. The molecule has 2 rings (SSSR count). The lowest BCUT2D eigenvalue weighted by Crippen LogP contribution is -2.31. The summed E-state index contributed by atoms with van der Waals surface area (Å²) >= 11 is 0. The molecular formula is C13H15NO2. The largest absolute Gasteiger partial charge is 0.451 e. The predicted octanol–water partition coefficient (Wildman–Crippen LogP) is 2.96. The summed E-state index contributed by atoms with van der Waals surface area (Å²) in [6.07, 6.45) is 0.909. The zero-order valence-corrected chi connectivity index (χ0v) is 9.49. The maximum Gasteiger partial charge on any atom is 0.287 e. The van der Waals surface area contributed by atoms with Crippen molar-refractivity contribution < 1.29 is 9.21 Å². The number of nitrogens with one attached hydrogen (secondary N) is 1. The van der Waals surface area contributed by atoms with Crippen molar-refractivity contribution in [1.29, 1.82) is 0 Å². The number of rotatable bonds is 3. The number of hydrogen-bond donors (Lipinski definition) is 1. The monoisotopic (exact) mass is 217 g/mol. The van der Waals surface area contributed by atoms with Gasteiger partial charge >= 0.3 is 0 Å². The fraction of sp³-hybridized carbons (Fsp3) is 0.308. The number of carbonyl (C=O) groups is 1. The molecule has 84 valence electrons. The van der Waals surface area contributed by atoms with Crippen molar-refractivity contribution in [2.75, 3.05) is 0 Å². The van der Waals surface area contributed by atoms with Gasteiger partial charge in [-0.2, -0.15) is 0 Å². The average molecular weight is 217 g/mol. The van der Waals surface area contributed by atoms with Crippen LogP contribution in [0.1, 0.15) is 30.8 Å². The molecule has 0 bridgehead atoms. The number of amides is 1. The Morgan fingerprint density at radius 2 is 2.19 bits per heavy atom. The molecule has 3 nitrogen and oxygen atoms in total. The van der Waals surface area contributed by atoms with Gasteiger partial charge in [0, 0.05) is 11.4 Å². The molecule has 0 unspecified atom stereocenters. The molecule has 0 aliphatic heterocycles. The van der Waals surface area contributed by atoms with Crippen LogP contribution in [-0.2, 0) is 0 Å². The van der Waals surface area contributed by atoms with Gasteiger partial charge in [0.1, 0.15) is 5.58 Å². The van der Waals surface area contributed by atoms with Gasteiger partial charge in [-0.3, -0.25) is 4.79 Å². The summed E-state index contributed by atoms with van der Waals surface area (Å²) in [7, 11) is 0. The second kappa shape index (κ2) is 4.39. The second-order valence-corrected chi connectivity index (χ2v) is 3.93. The van der Waals surface area contributed by atoms with Crippen molar-refractivity contribution >= 4 is 16.9 Å². The van der Waals surface area contributed by atoms with Crippen LogP contribution in [0.4, 0.5) is 0 Å². The summed E-state index contributed by atoms with van der Waals surface area (Å²) in [4.78, 5) is 11.8. The first-order chi connectivity index (χ1) is 7.70. The lowest BCUT2D eigenvalue weighted by Gasteiger charge is -2.08. The lowest BCUT2D eigenvalue weighted by atomic mass is 10.2. The molecule has 1 aromatic carbocycles. The van der Waals surface area contributed by atoms with Gasteiger partial charge in [-0.15, -0.1) is 0 Å². The number of carbonyl (C=O) groups excluding carboxylic acids is 1. The van der Waals surface area contributed by atoms with Crippen LogP contribution in [0.2, 0.25) is 0 Å². The quantitative estimate of drug-likeness (QED) is 0.858. The van der Waals surface area contributed by atoms with Crippen LogP contribution in [0.5, 0.6) is 0 Å². The van der Waals surface area contributed by atoms with Crippen molar-refractivity contribution in [2.24, 2.45) is 0 Å². The Labute approximate surface area is 94.4 Å². The second-order valence-electron chi connectivity index (χ2n) is 3.93. The molecule has 16 heavy (non-hydrogen) atoms. The lowest BCUT2D eigenvalue weighted by molar-refractivity contribution is 0.0913. The minimum atomic E-state index is -0.148. The zero-order valence-electron chi connectivity index (χ0n) is 9.49. The normalized spacial score (nSPS) is 12.6. The molecule has 0 aliphatic carbocycles. The van der Waals surface area contributed by atoms with E-state index in [0.717, 1.165) is 17.4 Å². The summed E-state index contributed by atoms with van der Waals surface area (Å²) < 4.78 is 5.46. The molecule has 0 fully saturated rings. The Morgan fingerprint density at radius 3 is 2.88 bits per heavy atom. The number of benzene rings is 1. The first-order valence-corrected chi connectivity index (χ1v) is 5.50. The van der Waals surface area contributed by atoms with Gasteiger partial charge in [-0.05, 0) is 25.5 Å². The fourth-order valence-electron chi connectivity index (χ4n) is 1.49. The molecule has 1 atom stereocenters. The van der Waals surface area contributed by atoms with E-state index in [2.05, 4.69) is 5.32 Å². The summed E-state index contributed by atoms with van der Waals surface area (Å²) in [5, 5.41) is 3.83. The summed E-state index contributed by atoms with van der Waals surface area (Å²) in [6.45, 7) is 4.00. The Balaban J connectivity index is 2.23. The van der Waals surface area contributed by atoms with Gasteiger partial charge in [-0.25, -0.2) is 0 Å². The molecule has 0 aliphatic rings. The van der Waals surface area contributed by atoms with Crippen LogP contribution in [0.15, 0.2) is 34.7 Å². The van der Waals surface area contributed by atoms with Crippen LogP contribution in [0.25, 0.3) is 11.0 Å². The highest BCUT2D eigenvalue weighted by atomic mass is 16.3. The first-order valence-electron chi connectivity index (χ1n) is 5.50. The topological polar surface area (TPSA) is 42.2 Å². The molecule has 0 radical (unpaired) electrons. The third kappa shape index (κ3) is 2.08. The van der Waals surface area contributed by atoms with Gasteiger partial charge in [0.2, 0.25) is 0 Å². The van der Waals surface area contributed by atoms with Crippen molar-refractivity contribution in [2.45, 2.75) is 26.3 Å². The molecule has 0 saturated carbocycles. The molecule has 1 amide bonds. The average Bonchev–Trinajstić information content (AvgIpc) is 2.72. The molecule has 0 spiro atoms. The molecule has 2 aromatic rings. The molecule has 1 aromatic heterocycles. The summed E-state index contributed by atoms with van der Waals surface area (Å²) in [5.74, 6) is 0.229. The highest BCUT2D eigenvalue weighted by molar-refractivity contribution is 5.96. The van der Waals surface area contributed by atoms with E-state index >= 15 is 0 Å². The standard InChI is InChI=1S/C13H15NO2/c1-3-9(2)14-13(15)12-8-10-6-4-5-7-11(10)16-12/h4-9H,3H2,1-2H3,(H,14,15)/t9-/m1/s1. The van der Waals surface area contributed by atoms with Crippen molar-refractivity contribution in [3.8, 4) is 0 Å². The minimum Gasteiger partial charge on any atom is -0.451 e. The highest BCUT2D eigenvalue weighted by Gasteiger charge is 2.13. The molecule has 1 N–H and O–H groups in total.